The average molecular weight is 306 g/mol. The highest BCUT2D eigenvalue weighted by Gasteiger charge is 2.30. The maximum atomic E-state index is 12.9. The molecule has 1 fully saturated rings. The molecule has 0 atom stereocenters. The Balaban J connectivity index is 1.86. The van der Waals surface area contributed by atoms with Crippen molar-refractivity contribution in [3.63, 3.8) is 0 Å². The van der Waals surface area contributed by atoms with Crippen LogP contribution in [0.2, 0.25) is 0 Å². The van der Waals surface area contributed by atoms with Gasteiger partial charge >= 0.3 is 0 Å². The van der Waals surface area contributed by atoms with Gasteiger partial charge in [-0.1, -0.05) is 20.8 Å². The predicted octanol–water partition coefficient (Wildman–Crippen LogP) is 2.59. The molecule has 2 rings (SSSR count). The SMILES string of the molecule is CC(C)(C)C(=O)N1CCC(NC(=O)c2ccc(F)cc2)CC1. The second-order valence-electron chi connectivity index (χ2n) is 6.80. The van der Waals surface area contributed by atoms with Crippen molar-refractivity contribution in [1.82, 2.24) is 10.2 Å². The summed E-state index contributed by atoms with van der Waals surface area (Å²) in [6.45, 7) is 7.06. The van der Waals surface area contributed by atoms with E-state index in [0.29, 0.717) is 18.7 Å². The molecule has 120 valence electrons. The number of carbonyl (C=O) groups excluding carboxylic acids is 2. The zero-order valence-corrected chi connectivity index (χ0v) is 13.4. The Labute approximate surface area is 130 Å². The van der Waals surface area contributed by atoms with Crippen molar-refractivity contribution < 1.29 is 14.0 Å². The van der Waals surface area contributed by atoms with Crippen molar-refractivity contribution in [2.45, 2.75) is 39.7 Å². The number of halogens is 1. The summed E-state index contributed by atoms with van der Waals surface area (Å²) in [7, 11) is 0. The van der Waals surface area contributed by atoms with Crippen molar-refractivity contribution in [3.05, 3.63) is 35.6 Å². The number of rotatable bonds is 2. The van der Waals surface area contributed by atoms with Gasteiger partial charge in [0.25, 0.3) is 5.91 Å². The molecule has 22 heavy (non-hydrogen) atoms. The van der Waals surface area contributed by atoms with Crippen molar-refractivity contribution in [1.29, 1.82) is 0 Å². The molecule has 1 aliphatic heterocycles. The van der Waals surface area contributed by atoms with E-state index in [4.69, 9.17) is 0 Å². The van der Waals surface area contributed by atoms with E-state index in [2.05, 4.69) is 5.32 Å². The van der Waals surface area contributed by atoms with Crippen LogP contribution in [0.5, 0.6) is 0 Å². The standard InChI is InChI=1S/C17H23FN2O2/c1-17(2,3)16(22)20-10-8-14(9-11-20)19-15(21)12-4-6-13(18)7-5-12/h4-7,14H,8-11H2,1-3H3,(H,19,21). The molecule has 0 saturated carbocycles. The number of benzene rings is 1. The van der Waals surface area contributed by atoms with Crippen LogP contribution in [-0.2, 0) is 4.79 Å². The van der Waals surface area contributed by atoms with Crippen molar-refractivity contribution in [2.24, 2.45) is 5.41 Å². The Morgan fingerprint density at radius 3 is 2.18 bits per heavy atom. The molecule has 1 saturated heterocycles. The highest BCUT2D eigenvalue weighted by molar-refractivity contribution is 5.94. The molecule has 4 nitrogen and oxygen atoms in total. The first-order valence-electron chi connectivity index (χ1n) is 7.63. The first-order valence-corrected chi connectivity index (χ1v) is 7.63. The van der Waals surface area contributed by atoms with E-state index in [1.807, 2.05) is 25.7 Å². The van der Waals surface area contributed by atoms with Gasteiger partial charge in [0, 0.05) is 30.1 Å². The second kappa shape index (κ2) is 6.46. The van der Waals surface area contributed by atoms with Gasteiger partial charge in [-0.25, -0.2) is 4.39 Å². The smallest absolute Gasteiger partial charge is 0.251 e. The third-order valence-electron chi connectivity index (χ3n) is 3.87. The van der Waals surface area contributed by atoms with E-state index in [1.54, 1.807) is 0 Å². The van der Waals surface area contributed by atoms with Gasteiger partial charge in [-0.15, -0.1) is 0 Å². The molecule has 1 aromatic carbocycles. The Kier molecular flexibility index (Phi) is 4.84. The van der Waals surface area contributed by atoms with Crippen LogP contribution in [0, 0.1) is 11.2 Å². The predicted molar refractivity (Wildman–Crippen MR) is 82.9 cm³/mol. The minimum atomic E-state index is -0.371. The fraction of sp³-hybridized carbons (Fsp3) is 0.529. The summed E-state index contributed by atoms with van der Waals surface area (Å²) in [5.74, 6) is -0.401. The molecule has 0 radical (unpaired) electrons. The maximum absolute atomic E-state index is 12.9. The average Bonchev–Trinajstić information content (AvgIpc) is 2.47. The largest absolute Gasteiger partial charge is 0.349 e. The molecule has 1 N–H and O–H groups in total. The maximum Gasteiger partial charge on any atom is 0.251 e. The van der Waals surface area contributed by atoms with Crippen LogP contribution < -0.4 is 5.32 Å². The molecular weight excluding hydrogens is 283 g/mol. The summed E-state index contributed by atoms with van der Waals surface area (Å²) in [4.78, 5) is 26.2. The van der Waals surface area contributed by atoms with Gasteiger partial charge in [-0.3, -0.25) is 9.59 Å². The number of nitrogens with one attached hydrogen (secondary N) is 1. The van der Waals surface area contributed by atoms with Gasteiger partial charge in [0.05, 0.1) is 0 Å². The zero-order chi connectivity index (χ0) is 16.3. The monoisotopic (exact) mass is 306 g/mol. The molecule has 1 aromatic rings. The molecule has 5 heteroatoms. The van der Waals surface area contributed by atoms with E-state index in [-0.39, 0.29) is 29.1 Å². The minimum absolute atomic E-state index is 0.0570. The van der Waals surface area contributed by atoms with Gasteiger partial charge in [0.2, 0.25) is 5.91 Å². The summed E-state index contributed by atoms with van der Waals surface area (Å²) in [5, 5.41) is 2.95. The van der Waals surface area contributed by atoms with Crippen LogP contribution >= 0.6 is 0 Å². The van der Waals surface area contributed by atoms with Crippen LogP contribution in [0.25, 0.3) is 0 Å². The third kappa shape index (κ3) is 4.06. The second-order valence-corrected chi connectivity index (χ2v) is 6.80. The summed E-state index contributed by atoms with van der Waals surface area (Å²) < 4.78 is 12.9. The van der Waals surface area contributed by atoms with Crippen LogP contribution in [0.15, 0.2) is 24.3 Å². The molecule has 0 aromatic heterocycles. The van der Waals surface area contributed by atoms with Crippen molar-refractivity contribution in [2.75, 3.05) is 13.1 Å². The number of nitrogens with zero attached hydrogens (tertiary/aromatic N) is 1. The van der Waals surface area contributed by atoms with Gasteiger partial charge in [-0.05, 0) is 37.1 Å². The van der Waals surface area contributed by atoms with Gasteiger partial charge in [-0.2, -0.15) is 0 Å². The van der Waals surface area contributed by atoms with Crippen LogP contribution in [-0.4, -0.2) is 35.8 Å². The Morgan fingerprint density at radius 2 is 1.68 bits per heavy atom. The van der Waals surface area contributed by atoms with Crippen LogP contribution in [0.1, 0.15) is 44.0 Å². The fourth-order valence-electron chi connectivity index (χ4n) is 2.57. The summed E-state index contributed by atoms with van der Waals surface area (Å²) >= 11 is 0. The Morgan fingerprint density at radius 1 is 1.14 bits per heavy atom. The number of likely N-dealkylation sites (tertiary alicyclic amines) is 1. The first kappa shape index (κ1) is 16.5. The van der Waals surface area contributed by atoms with Crippen LogP contribution in [0.4, 0.5) is 4.39 Å². The Bertz CT molecular complexity index is 541. The third-order valence-corrected chi connectivity index (χ3v) is 3.87. The van der Waals surface area contributed by atoms with E-state index in [1.165, 1.54) is 24.3 Å². The van der Waals surface area contributed by atoms with Gasteiger partial charge in [0.1, 0.15) is 5.82 Å². The normalized spacial score (nSPS) is 16.5. The molecule has 0 bridgehead atoms. The lowest BCUT2D eigenvalue weighted by Crippen LogP contribution is -2.49. The lowest BCUT2D eigenvalue weighted by Gasteiger charge is -2.36. The van der Waals surface area contributed by atoms with Gasteiger partial charge < -0.3 is 10.2 Å². The summed E-state index contributed by atoms with van der Waals surface area (Å²) in [5.41, 5.74) is 0.0825. The van der Waals surface area contributed by atoms with E-state index >= 15 is 0 Å². The number of hydrogen-bond donors (Lipinski definition) is 1. The van der Waals surface area contributed by atoms with Gasteiger partial charge in [0.15, 0.2) is 0 Å². The van der Waals surface area contributed by atoms with Crippen molar-refractivity contribution in [3.8, 4) is 0 Å². The fourth-order valence-corrected chi connectivity index (χ4v) is 2.57. The number of carbonyl (C=O) groups is 2. The molecule has 1 aliphatic rings. The molecule has 2 amide bonds. The van der Waals surface area contributed by atoms with E-state index < -0.39 is 0 Å². The first-order chi connectivity index (χ1) is 10.3. The molecule has 1 heterocycles. The topological polar surface area (TPSA) is 49.4 Å². The Hall–Kier alpha value is -1.91. The molecule has 0 aliphatic carbocycles. The minimum Gasteiger partial charge on any atom is -0.349 e. The zero-order valence-electron chi connectivity index (χ0n) is 13.4. The number of hydrogen-bond acceptors (Lipinski definition) is 2. The highest BCUT2D eigenvalue weighted by Crippen LogP contribution is 2.21. The molecule has 0 spiro atoms. The molecule has 0 unspecified atom stereocenters. The molecular formula is C17H23FN2O2. The highest BCUT2D eigenvalue weighted by atomic mass is 19.1. The van der Waals surface area contributed by atoms with Crippen molar-refractivity contribution >= 4 is 11.8 Å². The lowest BCUT2D eigenvalue weighted by atomic mass is 9.93. The lowest BCUT2D eigenvalue weighted by molar-refractivity contribution is -0.140. The summed E-state index contributed by atoms with van der Waals surface area (Å²) in [6.07, 6.45) is 1.49. The van der Waals surface area contributed by atoms with E-state index in [9.17, 15) is 14.0 Å². The number of amides is 2. The quantitative estimate of drug-likeness (QED) is 0.913. The van der Waals surface area contributed by atoms with E-state index in [0.717, 1.165) is 12.8 Å². The van der Waals surface area contributed by atoms with Crippen LogP contribution in [0.3, 0.4) is 0 Å². The summed E-state index contributed by atoms with van der Waals surface area (Å²) in [6, 6.07) is 5.56. The number of piperidine rings is 1.